The Kier molecular flexibility index (Phi) is 7.21. The molecule has 0 heterocycles. The molecule has 2 aromatic rings. The first-order valence-corrected chi connectivity index (χ1v) is 7.52. The number of hydrogen-bond donors (Lipinski definition) is 1. The van der Waals surface area contributed by atoms with E-state index in [0.29, 0.717) is 6.61 Å². The zero-order chi connectivity index (χ0) is 15.3. The fourth-order valence-electron chi connectivity index (χ4n) is 1.89. The fourth-order valence-corrected chi connectivity index (χ4v) is 2.08. The van der Waals surface area contributed by atoms with Crippen molar-refractivity contribution in [3.05, 3.63) is 64.7 Å². The van der Waals surface area contributed by atoms with Gasteiger partial charge in [0.05, 0.1) is 0 Å². The van der Waals surface area contributed by atoms with Gasteiger partial charge in [0.15, 0.2) is 0 Å². The number of benzene rings is 2. The summed E-state index contributed by atoms with van der Waals surface area (Å²) >= 11 is 6.13. The minimum atomic E-state index is 0. The minimum absolute atomic E-state index is 0. The third kappa shape index (κ3) is 6.27. The van der Waals surface area contributed by atoms with Crippen molar-refractivity contribution >= 4 is 24.0 Å². The third-order valence-electron chi connectivity index (χ3n) is 3.07. The largest absolute Gasteiger partial charge is 0.489 e. The topological polar surface area (TPSA) is 21.3 Å². The normalized spacial score (nSPS) is 10.9. The summed E-state index contributed by atoms with van der Waals surface area (Å²) in [6.07, 6.45) is 0. The van der Waals surface area contributed by atoms with E-state index in [0.717, 1.165) is 22.9 Å². The average molecular weight is 340 g/mol. The molecule has 4 heteroatoms. The molecule has 0 radical (unpaired) electrons. The van der Waals surface area contributed by atoms with Gasteiger partial charge in [-0.05, 0) is 44.5 Å². The fraction of sp³-hybridized carbons (Fsp3) is 0.333. The van der Waals surface area contributed by atoms with Gasteiger partial charge in [-0.15, -0.1) is 12.4 Å². The van der Waals surface area contributed by atoms with E-state index in [2.05, 4.69) is 38.2 Å². The molecule has 120 valence electrons. The van der Waals surface area contributed by atoms with E-state index in [1.54, 1.807) is 0 Å². The molecule has 2 nitrogen and oxygen atoms in total. The summed E-state index contributed by atoms with van der Waals surface area (Å²) in [5.41, 5.74) is 2.31. The maximum Gasteiger partial charge on any atom is 0.120 e. The van der Waals surface area contributed by atoms with Gasteiger partial charge in [0.2, 0.25) is 0 Å². The van der Waals surface area contributed by atoms with Crippen molar-refractivity contribution < 1.29 is 4.74 Å². The molecule has 0 aromatic heterocycles. The summed E-state index contributed by atoms with van der Waals surface area (Å²) in [6.45, 7) is 7.78. The number of nitrogens with one attached hydrogen (secondary N) is 1. The number of halogens is 2. The maximum absolute atomic E-state index is 6.13. The molecule has 0 aliphatic heterocycles. The zero-order valence-corrected chi connectivity index (χ0v) is 14.8. The Hall–Kier alpha value is -1.22. The van der Waals surface area contributed by atoms with Gasteiger partial charge in [-0.3, -0.25) is 0 Å². The van der Waals surface area contributed by atoms with Crippen LogP contribution in [-0.2, 0) is 13.2 Å². The van der Waals surface area contributed by atoms with Crippen molar-refractivity contribution in [3.8, 4) is 5.75 Å². The maximum atomic E-state index is 6.13. The van der Waals surface area contributed by atoms with Crippen LogP contribution in [0.1, 0.15) is 31.9 Å². The van der Waals surface area contributed by atoms with E-state index in [-0.39, 0.29) is 17.9 Å². The van der Waals surface area contributed by atoms with Crippen molar-refractivity contribution in [2.45, 2.75) is 39.5 Å². The summed E-state index contributed by atoms with van der Waals surface area (Å²) in [5, 5.41) is 4.21. The lowest BCUT2D eigenvalue weighted by Crippen LogP contribution is -2.35. The van der Waals surface area contributed by atoms with Gasteiger partial charge < -0.3 is 10.1 Å². The molecule has 0 fully saturated rings. The number of hydrogen-bond acceptors (Lipinski definition) is 2. The average Bonchev–Trinajstić information content (AvgIpc) is 2.44. The SMILES string of the molecule is CC(C)(C)NCc1cccc(OCc2ccccc2Cl)c1.Cl. The van der Waals surface area contributed by atoms with Crippen LogP contribution in [0.25, 0.3) is 0 Å². The summed E-state index contributed by atoms with van der Waals surface area (Å²) in [7, 11) is 0. The molecule has 1 N–H and O–H groups in total. The standard InChI is InChI=1S/C18H22ClNO.ClH/c1-18(2,3)20-12-14-7-6-9-16(11-14)21-13-15-8-4-5-10-17(15)19;/h4-11,20H,12-13H2,1-3H3;1H. The predicted molar refractivity (Wildman–Crippen MR) is 96.1 cm³/mol. The molecule has 0 atom stereocenters. The first kappa shape index (κ1) is 18.8. The second-order valence-electron chi connectivity index (χ2n) is 6.13. The molecular formula is C18H23Cl2NO. The van der Waals surface area contributed by atoms with Crippen molar-refractivity contribution in [3.63, 3.8) is 0 Å². The van der Waals surface area contributed by atoms with Crippen LogP contribution >= 0.6 is 24.0 Å². The van der Waals surface area contributed by atoms with E-state index in [9.17, 15) is 0 Å². The molecule has 0 spiro atoms. The lowest BCUT2D eigenvalue weighted by atomic mass is 10.1. The quantitative estimate of drug-likeness (QED) is 0.805. The van der Waals surface area contributed by atoms with Crippen LogP contribution in [0.15, 0.2) is 48.5 Å². The van der Waals surface area contributed by atoms with Crippen molar-refractivity contribution in [2.75, 3.05) is 0 Å². The molecule has 2 rings (SSSR count). The second-order valence-corrected chi connectivity index (χ2v) is 6.54. The van der Waals surface area contributed by atoms with E-state index in [1.165, 1.54) is 5.56 Å². The summed E-state index contributed by atoms with van der Waals surface area (Å²) in [5.74, 6) is 0.864. The Balaban J connectivity index is 0.00000242. The Bertz CT molecular complexity index is 594. The Labute approximate surface area is 144 Å². The molecule has 0 saturated heterocycles. The van der Waals surface area contributed by atoms with Crippen LogP contribution in [0.4, 0.5) is 0 Å². The molecular weight excluding hydrogens is 317 g/mol. The molecule has 2 aromatic carbocycles. The number of ether oxygens (including phenoxy) is 1. The molecule has 0 aliphatic rings. The van der Waals surface area contributed by atoms with Crippen molar-refractivity contribution in [1.29, 1.82) is 0 Å². The van der Waals surface area contributed by atoms with Crippen LogP contribution < -0.4 is 10.1 Å². The van der Waals surface area contributed by atoms with Gasteiger partial charge in [0, 0.05) is 22.7 Å². The van der Waals surface area contributed by atoms with Crippen LogP contribution in [0.3, 0.4) is 0 Å². The third-order valence-corrected chi connectivity index (χ3v) is 3.44. The highest BCUT2D eigenvalue weighted by Crippen LogP contribution is 2.19. The summed E-state index contributed by atoms with van der Waals surface area (Å²) < 4.78 is 5.83. The predicted octanol–water partition coefficient (Wildman–Crippen LogP) is 5.23. The lowest BCUT2D eigenvalue weighted by molar-refractivity contribution is 0.305. The monoisotopic (exact) mass is 339 g/mol. The first-order valence-electron chi connectivity index (χ1n) is 7.14. The Morgan fingerprint density at radius 1 is 1.05 bits per heavy atom. The molecule has 0 amide bonds. The Morgan fingerprint density at radius 2 is 1.77 bits per heavy atom. The van der Waals surface area contributed by atoms with Crippen LogP contribution in [0.5, 0.6) is 5.75 Å². The first-order chi connectivity index (χ1) is 9.94. The van der Waals surface area contributed by atoms with E-state index < -0.39 is 0 Å². The lowest BCUT2D eigenvalue weighted by Gasteiger charge is -2.20. The van der Waals surface area contributed by atoms with Gasteiger partial charge in [-0.25, -0.2) is 0 Å². The van der Waals surface area contributed by atoms with E-state index >= 15 is 0 Å². The molecule has 0 bridgehead atoms. The van der Waals surface area contributed by atoms with Gasteiger partial charge in [-0.1, -0.05) is 41.9 Å². The number of rotatable bonds is 5. The summed E-state index contributed by atoms with van der Waals surface area (Å²) in [4.78, 5) is 0. The van der Waals surface area contributed by atoms with E-state index in [4.69, 9.17) is 16.3 Å². The van der Waals surface area contributed by atoms with Gasteiger partial charge in [0.1, 0.15) is 12.4 Å². The highest BCUT2D eigenvalue weighted by Gasteiger charge is 2.08. The minimum Gasteiger partial charge on any atom is -0.489 e. The molecule has 0 unspecified atom stereocenters. The van der Waals surface area contributed by atoms with Gasteiger partial charge in [0.25, 0.3) is 0 Å². The van der Waals surface area contributed by atoms with Crippen LogP contribution in [0.2, 0.25) is 5.02 Å². The Morgan fingerprint density at radius 3 is 2.45 bits per heavy atom. The molecule has 22 heavy (non-hydrogen) atoms. The molecule has 0 saturated carbocycles. The van der Waals surface area contributed by atoms with Gasteiger partial charge in [-0.2, -0.15) is 0 Å². The van der Waals surface area contributed by atoms with Gasteiger partial charge >= 0.3 is 0 Å². The van der Waals surface area contributed by atoms with E-state index in [1.807, 2.05) is 36.4 Å². The van der Waals surface area contributed by atoms with Crippen LogP contribution in [-0.4, -0.2) is 5.54 Å². The summed E-state index contributed by atoms with van der Waals surface area (Å²) in [6, 6.07) is 15.9. The highest BCUT2D eigenvalue weighted by atomic mass is 35.5. The van der Waals surface area contributed by atoms with Crippen molar-refractivity contribution in [1.82, 2.24) is 5.32 Å². The van der Waals surface area contributed by atoms with Crippen molar-refractivity contribution in [2.24, 2.45) is 0 Å². The highest BCUT2D eigenvalue weighted by molar-refractivity contribution is 6.31. The molecule has 0 aliphatic carbocycles. The van der Waals surface area contributed by atoms with Crippen LogP contribution in [0, 0.1) is 0 Å². The smallest absolute Gasteiger partial charge is 0.120 e. The second kappa shape index (κ2) is 8.42. The zero-order valence-electron chi connectivity index (χ0n) is 13.2.